The summed E-state index contributed by atoms with van der Waals surface area (Å²) in [6.45, 7) is 4.33. The van der Waals surface area contributed by atoms with Gasteiger partial charge < -0.3 is 15.4 Å². The predicted molar refractivity (Wildman–Crippen MR) is 90.3 cm³/mol. The van der Waals surface area contributed by atoms with Crippen LogP contribution in [-0.4, -0.2) is 48.9 Å². The van der Waals surface area contributed by atoms with Crippen molar-refractivity contribution in [2.75, 3.05) is 25.5 Å². The van der Waals surface area contributed by atoms with Crippen molar-refractivity contribution < 1.29 is 23.9 Å². The number of fused-ring (bicyclic) bond motifs is 1. The third kappa shape index (κ3) is 4.34. The van der Waals surface area contributed by atoms with Crippen LogP contribution >= 0.6 is 0 Å². The number of esters is 1. The highest BCUT2D eigenvalue weighted by Gasteiger charge is 2.35. The highest BCUT2D eigenvalue weighted by molar-refractivity contribution is 6.21. The summed E-state index contributed by atoms with van der Waals surface area (Å²) in [6.07, 6.45) is 0.0608. The second-order valence-electron chi connectivity index (χ2n) is 6.08. The number of nitrogens with zero attached hydrogens (tertiary/aromatic N) is 1. The average Bonchev–Trinajstić information content (AvgIpc) is 2.79. The molecule has 1 aliphatic heterocycles. The molecule has 8 nitrogen and oxygen atoms in total. The van der Waals surface area contributed by atoms with Gasteiger partial charge in [-0.1, -0.05) is 13.8 Å². The molecule has 0 fully saturated rings. The fourth-order valence-corrected chi connectivity index (χ4v) is 2.45. The van der Waals surface area contributed by atoms with Gasteiger partial charge in [-0.3, -0.25) is 19.3 Å². The van der Waals surface area contributed by atoms with Gasteiger partial charge in [-0.05, 0) is 24.1 Å². The average molecular weight is 347 g/mol. The van der Waals surface area contributed by atoms with Crippen LogP contribution in [0.15, 0.2) is 18.2 Å². The number of carbonyl (C=O) groups excluding carboxylic acids is 4. The lowest BCUT2D eigenvalue weighted by molar-refractivity contribution is -0.140. The summed E-state index contributed by atoms with van der Waals surface area (Å²) in [5.74, 6) is -0.932. The van der Waals surface area contributed by atoms with E-state index in [0.717, 1.165) is 0 Å². The Morgan fingerprint density at radius 1 is 1.16 bits per heavy atom. The van der Waals surface area contributed by atoms with Gasteiger partial charge in [0.25, 0.3) is 11.8 Å². The number of hydrogen-bond acceptors (Lipinski definition) is 5. The van der Waals surface area contributed by atoms with Crippen LogP contribution in [0.25, 0.3) is 0 Å². The number of urea groups is 1. The Hall–Kier alpha value is -2.90. The molecule has 0 saturated carbocycles. The van der Waals surface area contributed by atoms with E-state index in [4.69, 9.17) is 0 Å². The Morgan fingerprint density at radius 3 is 2.48 bits per heavy atom. The van der Waals surface area contributed by atoms with Crippen molar-refractivity contribution in [3.05, 3.63) is 29.3 Å². The Morgan fingerprint density at radius 2 is 1.84 bits per heavy atom. The Balaban J connectivity index is 2.02. The summed E-state index contributed by atoms with van der Waals surface area (Å²) >= 11 is 0. The lowest BCUT2D eigenvalue weighted by Gasteiger charge is -2.15. The van der Waals surface area contributed by atoms with Crippen LogP contribution < -0.4 is 10.6 Å². The maximum absolute atomic E-state index is 12.4. The molecule has 134 valence electrons. The van der Waals surface area contributed by atoms with E-state index in [9.17, 15) is 19.2 Å². The predicted octanol–water partition coefficient (Wildman–Crippen LogP) is 1.62. The molecule has 0 aliphatic carbocycles. The first-order chi connectivity index (χ1) is 11.8. The zero-order valence-corrected chi connectivity index (χ0v) is 14.4. The zero-order valence-electron chi connectivity index (χ0n) is 14.4. The highest BCUT2D eigenvalue weighted by atomic mass is 16.5. The Kier molecular flexibility index (Phi) is 5.74. The monoisotopic (exact) mass is 347 g/mol. The molecular formula is C17H21N3O5. The fourth-order valence-electron chi connectivity index (χ4n) is 2.45. The standard InChI is InChI=1S/C17H21N3O5/c1-10(2)9-20-15(22)12-5-4-11(8-13(12)16(20)23)19-17(24)18-7-6-14(21)25-3/h4-5,8,10H,6-7,9H2,1-3H3,(H2,18,19,24). The summed E-state index contributed by atoms with van der Waals surface area (Å²) < 4.78 is 4.48. The normalized spacial score (nSPS) is 13.0. The van der Waals surface area contributed by atoms with E-state index in [-0.39, 0.29) is 36.3 Å². The van der Waals surface area contributed by atoms with Crippen molar-refractivity contribution in [3.63, 3.8) is 0 Å². The van der Waals surface area contributed by atoms with Crippen molar-refractivity contribution in [1.82, 2.24) is 10.2 Å². The van der Waals surface area contributed by atoms with Crippen LogP contribution in [0.3, 0.4) is 0 Å². The lowest BCUT2D eigenvalue weighted by Crippen LogP contribution is -2.33. The molecule has 0 unspecified atom stereocenters. The topological polar surface area (TPSA) is 105 Å². The van der Waals surface area contributed by atoms with Gasteiger partial charge >= 0.3 is 12.0 Å². The van der Waals surface area contributed by atoms with Crippen molar-refractivity contribution in [2.24, 2.45) is 5.92 Å². The second kappa shape index (κ2) is 7.78. The van der Waals surface area contributed by atoms with Gasteiger partial charge in [0.1, 0.15) is 0 Å². The summed E-state index contributed by atoms with van der Waals surface area (Å²) in [6, 6.07) is 4.05. The Labute approximate surface area is 145 Å². The molecule has 4 amide bonds. The van der Waals surface area contributed by atoms with Crippen LogP contribution in [0.2, 0.25) is 0 Å². The zero-order chi connectivity index (χ0) is 18.6. The number of rotatable bonds is 6. The van der Waals surface area contributed by atoms with E-state index in [1.165, 1.54) is 24.1 Å². The minimum absolute atomic E-state index is 0.0608. The highest BCUT2D eigenvalue weighted by Crippen LogP contribution is 2.26. The summed E-state index contributed by atoms with van der Waals surface area (Å²) in [7, 11) is 1.27. The molecule has 0 saturated heterocycles. The summed E-state index contributed by atoms with van der Waals surface area (Å²) in [4.78, 5) is 48.7. The van der Waals surface area contributed by atoms with Crippen LogP contribution in [0.4, 0.5) is 10.5 Å². The van der Waals surface area contributed by atoms with Gasteiger partial charge in [-0.15, -0.1) is 0 Å². The van der Waals surface area contributed by atoms with Crippen molar-refractivity contribution in [1.29, 1.82) is 0 Å². The number of benzene rings is 1. The molecule has 0 bridgehead atoms. The molecule has 2 N–H and O–H groups in total. The number of ether oxygens (including phenoxy) is 1. The van der Waals surface area contributed by atoms with E-state index < -0.39 is 12.0 Å². The number of imide groups is 1. The van der Waals surface area contributed by atoms with Crippen LogP contribution in [0.5, 0.6) is 0 Å². The van der Waals surface area contributed by atoms with Crippen LogP contribution in [0, 0.1) is 5.92 Å². The van der Waals surface area contributed by atoms with E-state index in [1.54, 1.807) is 6.07 Å². The molecule has 2 rings (SSSR count). The van der Waals surface area contributed by atoms with Gasteiger partial charge in [0, 0.05) is 18.8 Å². The van der Waals surface area contributed by atoms with E-state index in [1.807, 2.05) is 13.8 Å². The molecule has 1 aromatic carbocycles. The molecule has 0 aromatic heterocycles. The van der Waals surface area contributed by atoms with E-state index in [0.29, 0.717) is 17.8 Å². The lowest BCUT2D eigenvalue weighted by atomic mass is 10.1. The Bertz CT molecular complexity index is 714. The maximum Gasteiger partial charge on any atom is 0.319 e. The second-order valence-corrected chi connectivity index (χ2v) is 6.08. The van der Waals surface area contributed by atoms with Crippen LogP contribution in [0.1, 0.15) is 41.0 Å². The van der Waals surface area contributed by atoms with E-state index in [2.05, 4.69) is 15.4 Å². The molecule has 0 spiro atoms. The number of methoxy groups -OCH3 is 1. The smallest absolute Gasteiger partial charge is 0.319 e. The minimum Gasteiger partial charge on any atom is -0.469 e. The van der Waals surface area contributed by atoms with Crippen molar-refractivity contribution >= 4 is 29.5 Å². The van der Waals surface area contributed by atoms with Gasteiger partial charge in [0.05, 0.1) is 24.7 Å². The van der Waals surface area contributed by atoms with Gasteiger partial charge in [0.2, 0.25) is 0 Å². The molecule has 1 aliphatic rings. The van der Waals surface area contributed by atoms with E-state index >= 15 is 0 Å². The third-order valence-corrected chi connectivity index (χ3v) is 3.62. The molecule has 0 radical (unpaired) electrons. The fraction of sp³-hybridized carbons (Fsp3) is 0.412. The minimum atomic E-state index is -0.514. The first-order valence-electron chi connectivity index (χ1n) is 7.95. The maximum atomic E-state index is 12.4. The van der Waals surface area contributed by atoms with Gasteiger partial charge in [-0.2, -0.15) is 0 Å². The quantitative estimate of drug-likeness (QED) is 0.601. The number of anilines is 1. The number of hydrogen-bond donors (Lipinski definition) is 2. The summed E-state index contributed by atoms with van der Waals surface area (Å²) in [5.41, 5.74) is 1.00. The van der Waals surface area contributed by atoms with Crippen LogP contribution in [-0.2, 0) is 9.53 Å². The SMILES string of the molecule is COC(=O)CCNC(=O)Nc1ccc2c(c1)C(=O)N(CC(C)C)C2=O. The molecule has 1 heterocycles. The molecule has 25 heavy (non-hydrogen) atoms. The molecule has 1 aromatic rings. The number of carbonyl (C=O) groups is 4. The molecule has 0 atom stereocenters. The largest absolute Gasteiger partial charge is 0.469 e. The molecule has 8 heteroatoms. The molecular weight excluding hydrogens is 326 g/mol. The van der Waals surface area contributed by atoms with Crippen molar-refractivity contribution in [3.8, 4) is 0 Å². The van der Waals surface area contributed by atoms with Crippen molar-refractivity contribution in [2.45, 2.75) is 20.3 Å². The van der Waals surface area contributed by atoms with Gasteiger partial charge in [0.15, 0.2) is 0 Å². The third-order valence-electron chi connectivity index (χ3n) is 3.62. The first-order valence-corrected chi connectivity index (χ1v) is 7.95. The first kappa shape index (κ1) is 18.4. The van der Waals surface area contributed by atoms with Gasteiger partial charge in [-0.25, -0.2) is 4.79 Å². The summed E-state index contributed by atoms with van der Waals surface area (Å²) in [5, 5.41) is 5.08. The number of amides is 4. The number of nitrogens with one attached hydrogen (secondary N) is 2.